The molecule has 426 valence electrons. The maximum atomic E-state index is 7.11. The molecule has 0 aliphatic heterocycles. The molecule has 0 saturated carbocycles. The number of para-hydroxylation sites is 8. The molecule has 0 unspecified atom stereocenters. The van der Waals surface area contributed by atoms with E-state index in [9.17, 15) is 0 Å². The monoisotopic (exact) mass is 1150 g/mol. The molecule has 6 heterocycles. The van der Waals surface area contributed by atoms with Crippen LogP contribution in [0.5, 0.6) is 0 Å². The van der Waals surface area contributed by atoms with Gasteiger partial charge in [0, 0.05) is 98.5 Å². The smallest absolute Gasteiger partial charge is 0.159 e. The van der Waals surface area contributed by atoms with Gasteiger partial charge in [0.05, 0.1) is 44.5 Å². The average Bonchev–Trinajstić information content (AvgIpc) is 1.50. The molecule has 6 aromatic heterocycles. The number of hydrogen-bond acceptors (Lipinski definition) is 4. The minimum Gasteiger partial charge on any atom is -0.454 e. The second-order valence-electron chi connectivity index (χ2n) is 25.0. The Balaban J connectivity index is 0.937. The fourth-order valence-electron chi connectivity index (χ4n) is 15.6. The van der Waals surface area contributed by atoms with E-state index in [4.69, 9.17) is 8.83 Å². The van der Waals surface area contributed by atoms with Gasteiger partial charge in [-0.1, -0.05) is 234 Å². The van der Waals surface area contributed by atoms with Crippen LogP contribution in [0, 0.1) is 0 Å². The maximum absolute atomic E-state index is 7.11. The van der Waals surface area contributed by atoms with Crippen LogP contribution in [0.4, 0.5) is 34.1 Å². The number of nitrogens with zero attached hydrogens (tertiary/aromatic N) is 4. The summed E-state index contributed by atoms with van der Waals surface area (Å²) in [6, 6.07) is 98.3. The molecule has 90 heavy (non-hydrogen) atoms. The van der Waals surface area contributed by atoms with Crippen molar-refractivity contribution < 1.29 is 8.83 Å². The van der Waals surface area contributed by atoms with Crippen molar-refractivity contribution in [1.29, 1.82) is 0 Å². The summed E-state index contributed by atoms with van der Waals surface area (Å²) in [5.74, 6) is 0.601. The molecule has 0 aliphatic carbocycles. The van der Waals surface area contributed by atoms with Crippen LogP contribution in [-0.2, 0) is 0 Å². The number of anilines is 6. The third kappa shape index (κ3) is 6.98. The SMILES string of the molecule is CC(C)c1cccc2c1oc1c(N(c3ccccc3)c3ccc4c5cccc6c7c(-c8ccccc8)c8c(c(-c9ccccc9)c7n(c4c3)c56)c3cccc4c5ccc(N(c6ccccc6)c6cccc7c6oc6c(C(C)C)cccc67)cc5n8c43)cccc12. The fraction of sp³-hybridized carbons (Fsp3) is 0.0714. The second-order valence-corrected chi connectivity index (χ2v) is 25.0. The van der Waals surface area contributed by atoms with Gasteiger partial charge in [-0.25, -0.2) is 0 Å². The lowest BCUT2D eigenvalue weighted by atomic mass is 9.89. The van der Waals surface area contributed by atoms with Gasteiger partial charge in [0.1, 0.15) is 11.2 Å². The highest BCUT2D eigenvalue weighted by atomic mass is 16.3. The summed E-state index contributed by atoms with van der Waals surface area (Å²) in [7, 11) is 0. The maximum Gasteiger partial charge on any atom is 0.159 e. The minimum atomic E-state index is 0.301. The number of hydrogen-bond donors (Lipinski definition) is 0. The number of benzene rings is 13. The number of aromatic nitrogens is 2. The Kier molecular flexibility index (Phi) is 10.8. The molecule has 19 rings (SSSR count). The molecule has 0 aliphatic rings. The van der Waals surface area contributed by atoms with Gasteiger partial charge in [-0.3, -0.25) is 0 Å². The Morgan fingerprint density at radius 3 is 1.02 bits per heavy atom. The molecule has 0 radical (unpaired) electrons. The van der Waals surface area contributed by atoms with E-state index in [0.29, 0.717) is 11.8 Å². The van der Waals surface area contributed by atoms with Crippen molar-refractivity contribution in [2.24, 2.45) is 0 Å². The molecule has 0 amide bonds. The molecule has 0 saturated heterocycles. The first-order chi connectivity index (χ1) is 44.4. The lowest BCUT2D eigenvalue weighted by molar-refractivity contribution is 0.657. The van der Waals surface area contributed by atoms with Crippen LogP contribution < -0.4 is 9.80 Å². The van der Waals surface area contributed by atoms with Crippen molar-refractivity contribution in [2.75, 3.05) is 9.80 Å². The Morgan fingerprint density at radius 2 is 0.622 bits per heavy atom. The van der Waals surface area contributed by atoms with Gasteiger partial charge >= 0.3 is 0 Å². The van der Waals surface area contributed by atoms with Gasteiger partial charge in [-0.05, 0) is 94.8 Å². The van der Waals surface area contributed by atoms with Gasteiger partial charge < -0.3 is 27.4 Å². The van der Waals surface area contributed by atoms with Gasteiger partial charge in [-0.2, -0.15) is 0 Å². The molecule has 0 atom stereocenters. The van der Waals surface area contributed by atoms with E-state index in [1.807, 2.05) is 0 Å². The van der Waals surface area contributed by atoms with E-state index in [1.54, 1.807) is 0 Å². The quantitative estimate of drug-likeness (QED) is 0.137. The first-order valence-corrected chi connectivity index (χ1v) is 31.5. The van der Waals surface area contributed by atoms with Crippen LogP contribution in [0.25, 0.3) is 142 Å². The van der Waals surface area contributed by atoms with Crippen molar-refractivity contribution in [3.63, 3.8) is 0 Å². The van der Waals surface area contributed by atoms with Gasteiger partial charge in [0.15, 0.2) is 11.2 Å². The Labute approximate surface area is 518 Å². The van der Waals surface area contributed by atoms with Crippen molar-refractivity contribution in [3.8, 4) is 22.3 Å². The van der Waals surface area contributed by atoms with E-state index in [-0.39, 0.29) is 0 Å². The number of fused-ring (bicyclic) bond motifs is 18. The Morgan fingerprint density at radius 1 is 0.278 bits per heavy atom. The van der Waals surface area contributed by atoms with Crippen LogP contribution in [0.2, 0.25) is 0 Å². The molecule has 19 aromatic rings. The molecule has 6 heteroatoms. The van der Waals surface area contributed by atoms with E-state index < -0.39 is 0 Å². The third-order valence-corrected chi connectivity index (χ3v) is 19.4. The summed E-state index contributed by atoms with van der Waals surface area (Å²) in [5, 5.41) is 14.2. The van der Waals surface area contributed by atoms with Crippen molar-refractivity contribution in [3.05, 3.63) is 278 Å². The van der Waals surface area contributed by atoms with Crippen molar-refractivity contribution in [2.45, 2.75) is 39.5 Å². The Hall–Kier alpha value is -11.3. The first kappa shape index (κ1) is 50.8. The van der Waals surface area contributed by atoms with Gasteiger partial charge in [0.25, 0.3) is 0 Å². The molecule has 0 N–H and O–H groups in total. The summed E-state index contributed by atoms with van der Waals surface area (Å²) in [5.41, 5.74) is 24.0. The average molecular weight is 1160 g/mol. The van der Waals surface area contributed by atoms with Crippen LogP contribution in [-0.4, -0.2) is 8.80 Å². The topological polar surface area (TPSA) is 41.6 Å². The summed E-state index contributed by atoms with van der Waals surface area (Å²) >= 11 is 0. The molecular formula is C84H58N4O2. The molecule has 13 aromatic carbocycles. The predicted octanol–water partition coefficient (Wildman–Crippen LogP) is 24.3. The highest BCUT2D eigenvalue weighted by molar-refractivity contribution is 6.38. The third-order valence-electron chi connectivity index (χ3n) is 19.4. The van der Waals surface area contributed by atoms with E-state index in [1.165, 1.54) is 87.4 Å². The van der Waals surface area contributed by atoms with Gasteiger partial charge in [-0.15, -0.1) is 0 Å². The van der Waals surface area contributed by atoms with Crippen LogP contribution in [0.1, 0.15) is 50.7 Å². The summed E-state index contributed by atoms with van der Waals surface area (Å²) in [6.45, 7) is 8.97. The summed E-state index contributed by atoms with van der Waals surface area (Å²) < 4.78 is 19.5. The van der Waals surface area contributed by atoms with E-state index >= 15 is 0 Å². The summed E-state index contributed by atoms with van der Waals surface area (Å²) in [6.07, 6.45) is 0. The zero-order valence-electron chi connectivity index (χ0n) is 50.2. The fourth-order valence-corrected chi connectivity index (χ4v) is 15.6. The number of furan rings is 2. The molecule has 6 nitrogen and oxygen atoms in total. The second kappa shape index (κ2) is 19.1. The lowest BCUT2D eigenvalue weighted by Crippen LogP contribution is -2.10. The van der Waals surface area contributed by atoms with E-state index in [0.717, 1.165) is 100 Å². The Bertz CT molecular complexity index is 5720. The van der Waals surface area contributed by atoms with Gasteiger partial charge in [0.2, 0.25) is 0 Å². The number of rotatable bonds is 10. The highest BCUT2D eigenvalue weighted by Gasteiger charge is 2.32. The molecule has 0 spiro atoms. The predicted molar refractivity (Wildman–Crippen MR) is 379 cm³/mol. The van der Waals surface area contributed by atoms with Crippen molar-refractivity contribution in [1.82, 2.24) is 8.80 Å². The van der Waals surface area contributed by atoms with Crippen LogP contribution >= 0.6 is 0 Å². The molecule has 0 bridgehead atoms. The largest absolute Gasteiger partial charge is 0.454 e. The molecular weight excluding hydrogens is 1100 g/mol. The normalized spacial score (nSPS) is 12.4. The lowest BCUT2D eigenvalue weighted by Gasteiger charge is -2.25. The minimum absolute atomic E-state index is 0.301. The van der Waals surface area contributed by atoms with Crippen LogP contribution in [0.3, 0.4) is 0 Å². The van der Waals surface area contributed by atoms with E-state index in [2.05, 4.69) is 313 Å². The zero-order valence-corrected chi connectivity index (χ0v) is 50.2. The molecule has 0 fully saturated rings. The zero-order chi connectivity index (χ0) is 59.6. The van der Waals surface area contributed by atoms with Crippen molar-refractivity contribution >= 4 is 154 Å². The standard InChI is InChI=1S/C84H58N4O2/c1-49(2)57-31-17-35-63-65-37-21-41-69(83(65)89-81(57)63)85(53-27-13-7-14-28-53)55-43-45-59-61-33-19-39-67-75-74(52-25-11-6-12-26-52)80-76(73(51-23-9-5-10-24-51)79(75)87(77(61)67)71(59)47-55)68-40-20-34-62-60-46-44-56(48-72(60)88(80)78(62)68)86(54-29-15-8-16-30-54)70-42-22-38-66-64-36-18-32-58(50(3)4)82(64)90-84(66)70/h5-50H,1-4H3. The highest BCUT2D eigenvalue weighted by Crippen LogP contribution is 2.56. The van der Waals surface area contributed by atoms with Crippen LogP contribution in [0.15, 0.2) is 276 Å². The summed E-state index contributed by atoms with van der Waals surface area (Å²) in [4.78, 5) is 4.78. The first-order valence-electron chi connectivity index (χ1n) is 31.5.